The van der Waals surface area contributed by atoms with Crippen LogP contribution in [0.25, 0.3) is 10.6 Å². The Labute approximate surface area is 234 Å². The number of likely N-dealkylation sites (tertiary alicyclic amines) is 1. The van der Waals surface area contributed by atoms with Gasteiger partial charge in [-0.05, 0) is 88.0 Å². The standard InChI is InChI=1S/C30H38N4O4S/c1-5-6-15-34(28(35)24-10-8-7-9-20(24)2)30-32-31-27(39-30)25-11-12-26(22(4)21(25)3)38-19-18-33-16-13-23(14-17-33)29(36)37/h7-12,23H,5-6,13-19H2,1-4H3,(H,36,37). The first kappa shape index (κ1) is 28.7. The third kappa shape index (κ3) is 6.83. The van der Waals surface area contributed by atoms with E-state index in [9.17, 15) is 14.7 Å². The van der Waals surface area contributed by atoms with Crippen LogP contribution < -0.4 is 9.64 Å². The first-order chi connectivity index (χ1) is 18.8. The molecule has 1 aromatic heterocycles. The SMILES string of the molecule is CCCCN(C(=O)c1ccccc1C)c1nnc(-c2ccc(OCCN3CCC(C(=O)O)CC3)c(C)c2C)s1. The summed E-state index contributed by atoms with van der Waals surface area (Å²) in [7, 11) is 0. The highest BCUT2D eigenvalue weighted by molar-refractivity contribution is 7.18. The lowest BCUT2D eigenvalue weighted by Gasteiger charge is -2.29. The van der Waals surface area contributed by atoms with E-state index < -0.39 is 5.97 Å². The van der Waals surface area contributed by atoms with Crippen LogP contribution in [-0.2, 0) is 4.79 Å². The number of benzene rings is 2. The van der Waals surface area contributed by atoms with Crippen LogP contribution in [0.5, 0.6) is 5.75 Å². The highest BCUT2D eigenvalue weighted by Crippen LogP contribution is 2.35. The molecule has 9 heteroatoms. The Morgan fingerprint density at radius 1 is 1.08 bits per heavy atom. The first-order valence-corrected chi connectivity index (χ1v) is 14.5. The number of ether oxygens (including phenoxy) is 1. The molecular weight excluding hydrogens is 512 g/mol. The Hall–Kier alpha value is -3.30. The van der Waals surface area contributed by atoms with E-state index in [2.05, 4.69) is 28.9 Å². The molecule has 1 fully saturated rings. The van der Waals surface area contributed by atoms with Crippen LogP contribution in [0.15, 0.2) is 36.4 Å². The second kappa shape index (κ2) is 13.2. The average Bonchev–Trinajstić information content (AvgIpc) is 3.41. The Balaban J connectivity index is 1.44. The van der Waals surface area contributed by atoms with Crippen LogP contribution in [-0.4, -0.2) is 64.9 Å². The topological polar surface area (TPSA) is 95.9 Å². The number of carboxylic acids is 1. The molecule has 2 heterocycles. The van der Waals surface area contributed by atoms with Crippen molar-refractivity contribution in [3.63, 3.8) is 0 Å². The summed E-state index contributed by atoms with van der Waals surface area (Å²) in [5.74, 6) is -0.125. The molecule has 1 aliphatic rings. The summed E-state index contributed by atoms with van der Waals surface area (Å²) in [6.45, 7) is 11.7. The zero-order valence-corrected chi connectivity index (χ0v) is 24.1. The van der Waals surface area contributed by atoms with Crippen LogP contribution >= 0.6 is 11.3 Å². The number of hydrogen-bond donors (Lipinski definition) is 1. The van der Waals surface area contributed by atoms with E-state index in [0.717, 1.165) is 65.5 Å². The summed E-state index contributed by atoms with van der Waals surface area (Å²) in [5, 5.41) is 19.5. The van der Waals surface area contributed by atoms with Crippen molar-refractivity contribution in [1.82, 2.24) is 15.1 Å². The van der Waals surface area contributed by atoms with E-state index in [1.165, 1.54) is 11.3 Å². The lowest BCUT2D eigenvalue weighted by molar-refractivity contribution is -0.143. The summed E-state index contributed by atoms with van der Waals surface area (Å²) < 4.78 is 6.12. The summed E-state index contributed by atoms with van der Waals surface area (Å²) in [5.41, 5.74) is 4.74. The van der Waals surface area contributed by atoms with Crippen LogP contribution in [0.3, 0.4) is 0 Å². The average molecular weight is 551 g/mol. The van der Waals surface area contributed by atoms with Gasteiger partial charge in [0.15, 0.2) is 0 Å². The van der Waals surface area contributed by atoms with Crippen LogP contribution in [0.1, 0.15) is 59.7 Å². The molecule has 1 N–H and O–H groups in total. The molecule has 0 aliphatic carbocycles. The Morgan fingerprint density at radius 2 is 1.82 bits per heavy atom. The molecule has 208 valence electrons. The minimum atomic E-state index is -0.689. The zero-order valence-electron chi connectivity index (χ0n) is 23.3. The number of hydrogen-bond acceptors (Lipinski definition) is 7. The molecule has 1 aliphatic heterocycles. The highest BCUT2D eigenvalue weighted by Gasteiger charge is 2.25. The fraction of sp³-hybridized carbons (Fsp3) is 0.467. The number of carbonyl (C=O) groups excluding carboxylic acids is 1. The number of carbonyl (C=O) groups is 2. The molecule has 0 radical (unpaired) electrons. The third-order valence-electron chi connectivity index (χ3n) is 7.57. The maximum absolute atomic E-state index is 13.5. The molecule has 0 atom stereocenters. The van der Waals surface area contributed by atoms with E-state index in [-0.39, 0.29) is 11.8 Å². The normalized spacial score (nSPS) is 14.4. The molecule has 0 saturated carbocycles. The number of rotatable bonds is 11. The van der Waals surface area contributed by atoms with E-state index >= 15 is 0 Å². The molecular formula is C30H38N4O4S. The van der Waals surface area contributed by atoms with Crippen molar-refractivity contribution in [2.24, 2.45) is 5.92 Å². The molecule has 0 bridgehead atoms. The maximum Gasteiger partial charge on any atom is 0.306 e. The highest BCUT2D eigenvalue weighted by atomic mass is 32.1. The van der Waals surface area contributed by atoms with Gasteiger partial charge in [0.1, 0.15) is 17.4 Å². The molecule has 0 unspecified atom stereocenters. The number of aliphatic carboxylic acids is 1. The Morgan fingerprint density at radius 3 is 2.51 bits per heavy atom. The van der Waals surface area contributed by atoms with Gasteiger partial charge in [0.25, 0.3) is 5.91 Å². The maximum atomic E-state index is 13.5. The largest absolute Gasteiger partial charge is 0.492 e. The number of piperidine rings is 1. The monoisotopic (exact) mass is 550 g/mol. The second-order valence-electron chi connectivity index (χ2n) is 10.2. The molecule has 3 aromatic rings. The quantitative estimate of drug-likeness (QED) is 0.325. The van der Waals surface area contributed by atoms with Crippen LogP contribution in [0, 0.1) is 26.7 Å². The minimum Gasteiger partial charge on any atom is -0.492 e. The summed E-state index contributed by atoms with van der Waals surface area (Å²) in [4.78, 5) is 28.7. The Bertz CT molecular complexity index is 1300. The van der Waals surface area contributed by atoms with Crippen molar-refractivity contribution >= 4 is 28.3 Å². The number of carboxylic acid groups (broad SMARTS) is 1. The van der Waals surface area contributed by atoms with Crippen molar-refractivity contribution in [1.29, 1.82) is 0 Å². The molecule has 1 saturated heterocycles. The molecule has 0 spiro atoms. The van der Waals surface area contributed by atoms with E-state index in [4.69, 9.17) is 4.74 Å². The second-order valence-corrected chi connectivity index (χ2v) is 11.1. The van der Waals surface area contributed by atoms with Crippen molar-refractivity contribution in [2.45, 2.75) is 53.4 Å². The predicted octanol–water partition coefficient (Wildman–Crippen LogP) is 5.75. The number of amides is 1. The van der Waals surface area contributed by atoms with E-state index in [1.807, 2.05) is 50.2 Å². The summed E-state index contributed by atoms with van der Waals surface area (Å²) in [6.07, 6.45) is 3.24. The van der Waals surface area contributed by atoms with Crippen molar-refractivity contribution < 1.29 is 19.4 Å². The van der Waals surface area contributed by atoms with Crippen molar-refractivity contribution in [2.75, 3.05) is 37.7 Å². The summed E-state index contributed by atoms with van der Waals surface area (Å²) in [6, 6.07) is 11.6. The van der Waals surface area contributed by atoms with Crippen LogP contribution in [0.4, 0.5) is 5.13 Å². The van der Waals surface area contributed by atoms with E-state index in [0.29, 0.717) is 36.7 Å². The van der Waals surface area contributed by atoms with Gasteiger partial charge in [-0.3, -0.25) is 19.4 Å². The van der Waals surface area contributed by atoms with E-state index in [1.54, 1.807) is 4.90 Å². The Kier molecular flexibility index (Phi) is 9.69. The molecule has 8 nitrogen and oxygen atoms in total. The molecule has 1 amide bonds. The van der Waals surface area contributed by atoms with Gasteiger partial charge in [0, 0.05) is 24.2 Å². The molecule has 39 heavy (non-hydrogen) atoms. The van der Waals surface area contributed by atoms with Gasteiger partial charge in [-0.1, -0.05) is 42.9 Å². The zero-order chi connectivity index (χ0) is 27.9. The number of unbranched alkanes of at least 4 members (excludes halogenated alkanes) is 1. The summed E-state index contributed by atoms with van der Waals surface area (Å²) >= 11 is 1.43. The minimum absolute atomic E-state index is 0.0481. The predicted molar refractivity (Wildman–Crippen MR) is 155 cm³/mol. The van der Waals surface area contributed by atoms with Gasteiger partial charge < -0.3 is 9.84 Å². The smallest absolute Gasteiger partial charge is 0.306 e. The third-order valence-corrected chi connectivity index (χ3v) is 8.55. The molecule has 4 rings (SSSR count). The van der Waals surface area contributed by atoms with Crippen molar-refractivity contribution in [3.05, 3.63) is 58.7 Å². The van der Waals surface area contributed by atoms with Gasteiger partial charge >= 0.3 is 5.97 Å². The first-order valence-electron chi connectivity index (χ1n) is 13.7. The van der Waals surface area contributed by atoms with Gasteiger partial charge in [-0.15, -0.1) is 10.2 Å². The van der Waals surface area contributed by atoms with Crippen molar-refractivity contribution in [3.8, 4) is 16.3 Å². The number of aryl methyl sites for hydroxylation is 1. The van der Waals surface area contributed by atoms with Gasteiger partial charge in [0.05, 0.1) is 5.92 Å². The fourth-order valence-electron chi connectivity index (χ4n) is 4.86. The number of anilines is 1. The lowest BCUT2D eigenvalue weighted by Crippen LogP contribution is -2.38. The van der Waals surface area contributed by atoms with Gasteiger partial charge in [-0.2, -0.15) is 0 Å². The van der Waals surface area contributed by atoms with Crippen LogP contribution in [0.2, 0.25) is 0 Å². The number of nitrogens with zero attached hydrogens (tertiary/aromatic N) is 4. The molecule has 2 aromatic carbocycles. The van der Waals surface area contributed by atoms with Gasteiger partial charge in [-0.25, -0.2) is 0 Å². The van der Waals surface area contributed by atoms with Gasteiger partial charge in [0.2, 0.25) is 5.13 Å². The number of aromatic nitrogens is 2. The fourth-order valence-corrected chi connectivity index (χ4v) is 5.82. The lowest BCUT2D eigenvalue weighted by atomic mass is 9.97.